The number of fused-ring (bicyclic) bond motifs is 6. The molecule has 46 heavy (non-hydrogen) atoms. The molecule has 8 rings (SSSR count). The third-order valence-electron chi connectivity index (χ3n) is 9.76. The smallest absolute Gasteiger partial charge is 0.0493 e. The number of aryl methyl sites for hydroxylation is 3. The molecular formula is C45H39N. The third kappa shape index (κ3) is 4.79. The van der Waals surface area contributed by atoms with E-state index in [1.165, 1.54) is 94.2 Å². The van der Waals surface area contributed by atoms with Crippen LogP contribution in [-0.4, -0.2) is 0 Å². The van der Waals surface area contributed by atoms with Crippen LogP contribution in [0, 0.1) is 20.8 Å². The Morgan fingerprint density at radius 3 is 1.57 bits per heavy atom. The molecule has 0 fully saturated rings. The molecule has 224 valence electrons. The first-order chi connectivity index (χ1) is 22.1. The minimum absolute atomic E-state index is 0.154. The highest BCUT2D eigenvalue weighted by atomic mass is 15.1. The fourth-order valence-corrected chi connectivity index (χ4v) is 6.97. The minimum atomic E-state index is 0.154. The molecular weight excluding hydrogens is 555 g/mol. The molecule has 7 aromatic rings. The van der Waals surface area contributed by atoms with E-state index in [1.54, 1.807) is 0 Å². The maximum absolute atomic E-state index is 2.40. The molecule has 0 atom stereocenters. The predicted octanol–water partition coefficient (Wildman–Crippen LogP) is 13.0. The van der Waals surface area contributed by atoms with Gasteiger partial charge in [-0.3, -0.25) is 0 Å². The summed E-state index contributed by atoms with van der Waals surface area (Å²) < 4.78 is 0. The highest BCUT2D eigenvalue weighted by Gasteiger charge is 2.24. The van der Waals surface area contributed by atoms with E-state index in [9.17, 15) is 0 Å². The second kappa shape index (κ2) is 10.5. The fourth-order valence-electron chi connectivity index (χ4n) is 6.97. The molecule has 1 aliphatic rings. The van der Waals surface area contributed by atoms with Crippen molar-refractivity contribution in [2.75, 3.05) is 4.90 Å². The quantitative estimate of drug-likeness (QED) is 0.196. The first-order valence-electron chi connectivity index (χ1n) is 16.3. The number of anilines is 3. The van der Waals surface area contributed by atoms with Gasteiger partial charge in [-0.1, -0.05) is 93.1 Å². The summed E-state index contributed by atoms with van der Waals surface area (Å²) in [5.41, 5.74) is 16.8. The van der Waals surface area contributed by atoms with Crippen LogP contribution in [0.25, 0.3) is 54.9 Å². The first kappa shape index (κ1) is 28.3. The molecule has 0 N–H and O–H groups in total. The summed E-state index contributed by atoms with van der Waals surface area (Å²) in [6.07, 6.45) is 0. The van der Waals surface area contributed by atoms with Crippen LogP contribution in [-0.2, 0) is 5.41 Å². The largest absolute Gasteiger partial charge is 0.310 e. The normalized spacial score (nSPS) is 12.1. The predicted molar refractivity (Wildman–Crippen MR) is 199 cm³/mol. The Morgan fingerprint density at radius 1 is 0.413 bits per heavy atom. The van der Waals surface area contributed by atoms with Crippen molar-refractivity contribution in [2.24, 2.45) is 0 Å². The number of nitrogens with zero attached hydrogens (tertiary/aromatic N) is 1. The second-order valence-corrected chi connectivity index (χ2v) is 14.2. The Kier molecular flexibility index (Phi) is 6.44. The summed E-state index contributed by atoms with van der Waals surface area (Å²) >= 11 is 0. The van der Waals surface area contributed by atoms with Gasteiger partial charge in [-0.25, -0.2) is 0 Å². The number of rotatable bonds is 4. The molecule has 0 spiro atoms. The molecule has 0 saturated heterocycles. The highest BCUT2D eigenvalue weighted by Crippen LogP contribution is 2.51. The molecule has 0 bridgehead atoms. The van der Waals surface area contributed by atoms with E-state index in [4.69, 9.17) is 0 Å². The van der Waals surface area contributed by atoms with Gasteiger partial charge in [0.1, 0.15) is 0 Å². The molecule has 0 radical (unpaired) electrons. The van der Waals surface area contributed by atoms with Gasteiger partial charge in [-0.15, -0.1) is 0 Å². The van der Waals surface area contributed by atoms with Gasteiger partial charge in [0, 0.05) is 17.1 Å². The molecule has 7 aromatic carbocycles. The van der Waals surface area contributed by atoms with E-state index in [1.807, 2.05) is 0 Å². The average molecular weight is 594 g/mol. The van der Waals surface area contributed by atoms with Gasteiger partial charge in [-0.2, -0.15) is 0 Å². The van der Waals surface area contributed by atoms with Gasteiger partial charge < -0.3 is 4.90 Å². The summed E-state index contributed by atoms with van der Waals surface area (Å²) in [5, 5.41) is 5.11. The maximum Gasteiger partial charge on any atom is 0.0493 e. The molecule has 1 heteroatoms. The summed E-state index contributed by atoms with van der Waals surface area (Å²) in [6, 6.07) is 48.0. The Morgan fingerprint density at radius 2 is 0.935 bits per heavy atom. The van der Waals surface area contributed by atoms with Crippen molar-refractivity contribution in [2.45, 2.75) is 47.0 Å². The molecule has 0 heterocycles. The van der Waals surface area contributed by atoms with E-state index in [0.717, 1.165) is 0 Å². The van der Waals surface area contributed by atoms with Crippen LogP contribution in [0.15, 0.2) is 127 Å². The molecule has 0 aromatic heterocycles. The average Bonchev–Trinajstić information content (AvgIpc) is 3.05. The lowest BCUT2D eigenvalue weighted by molar-refractivity contribution is 0.590. The minimum Gasteiger partial charge on any atom is -0.310 e. The van der Waals surface area contributed by atoms with Crippen molar-refractivity contribution in [3.63, 3.8) is 0 Å². The number of hydrogen-bond acceptors (Lipinski definition) is 1. The Bertz CT molecular complexity index is 2300. The van der Waals surface area contributed by atoms with Crippen LogP contribution in [0.5, 0.6) is 0 Å². The van der Waals surface area contributed by atoms with Gasteiger partial charge in [-0.05, 0) is 158 Å². The molecule has 0 amide bonds. The van der Waals surface area contributed by atoms with Gasteiger partial charge in [0.25, 0.3) is 0 Å². The second-order valence-electron chi connectivity index (χ2n) is 14.2. The van der Waals surface area contributed by atoms with E-state index in [0.29, 0.717) is 0 Å². The molecule has 1 aliphatic carbocycles. The maximum atomic E-state index is 2.40. The van der Waals surface area contributed by atoms with Crippen molar-refractivity contribution in [3.8, 4) is 33.4 Å². The van der Waals surface area contributed by atoms with Crippen LogP contribution < -0.4 is 4.90 Å². The molecule has 0 unspecified atom stereocenters. The third-order valence-corrected chi connectivity index (χ3v) is 9.76. The highest BCUT2D eigenvalue weighted by molar-refractivity contribution is 6.12. The van der Waals surface area contributed by atoms with Gasteiger partial charge in [0.15, 0.2) is 0 Å². The van der Waals surface area contributed by atoms with Crippen molar-refractivity contribution in [1.29, 1.82) is 0 Å². The monoisotopic (exact) mass is 593 g/mol. The Balaban J connectivity index is 1.20. The van der Waals surface area contributed by atoms with Crippen molar-refractivity contribution in [1.82, 2.24) is 0 Å². The zero-order valence-electron chi connectivity index (χ0n) is 27.6. The Labute approximate surface area is 272 Å². The molecule has 0 aliphatic heterocycles. The number of benzene rings is 7. The molecule has 0 saturated carbocycles. The Hall–Kier alpha value is -5.14. The van der Waals surface area contributed by atoms with Crippen molar-refractivity contribution in [3.05, 3.63) is 150 Å². The van der Waals surface area contributed by atoms with Crippen molar-refractivity contribution >= 4 is 38.6 Å². The zero-order chi connectivity index (χ0) is 31.7. The van der Waals surface area contributed by atoms with Crippen LogP contribution in [0.2, 0.25) is 0 Å². The van der Waals surface area contributed by atoms with Crippen LogP contribution >= 0.6 is 0 Å². The summed E-state index contributed by atoms with van der Waals surface area (Å²) in [4.78, 5) is 2.40. The van der Waals surface area contributed by atoms with E-state index >= 15 is 0 Å². The lowest BCUT2D eigenvalue weighted by atomic mass is 9.77. The van der Waals surface area contributed by atoms with Gasteiger partial charge >= 0.3 is 0 Å². The first-order valence-corrected chi connectivity index (χ1v) is 16.3. The lowest BCUT2D eigenvalue weighted by Crippen LogP contribution is -2.11. The van der Waals surface area contributed by atoms with Crippen LogP contribution in [0.1, 0.15) is 43.0 Å². The number of hydrogen-bond donors (Lipinski definition) is 0. The summed E-state index contributed by atoms with van der Waals surface area (Å²) in [7, 11) is 0. The van der Waals surface area contributed by atoms with Crippen LogP contribution in [0.4, 0.5) is 17.1 Å². The standard InChI is InChI=1S/C45H39N/c1-28-8-18-38(19-9-28)46(44-21-29(2)7-10-30(44)3)39-20-15-34-25-41-40-24-33-12-11-32(31-13-16-37(17-14-31)45(4,5)6)22-35(33)26-42(40)43(41)27-36(34)23-39/h7-27H,1-6H3. The molecule has 1 nitrogen and oxygen atoms in total. The lowest BCUT2D eigenvalue weighted by Gasteiger charge is -2.29. The topological polar surface area (TPSA) is 3.24 Å². The summed E-state index contributed by atoms with van der Waals surface area (Å²) in [6.45, 7) is 13.3. The van der Waals surface area contributed by atoms with Gasteiger partial charge in [0.05, 0.1) is 0 Å². The van der Waals surface area contributed by atoms with E-state index in [2.05, 4.69) is 174 Å². The SMILES string of the molecule is Cc1ccc(N(c2ccc3cc4c(cc3c2)-c2cc3cc(-c5ccc(C(C)(C)C)cc5)ccc3cc2-4)c2cc(C)ccc2C)cc1. The fraction of sp³-hybridized carbons (Fsp3) is 0.156. The summed E-state index contributed by atoms with van der Waals surface area (Å²) in [5.74, 6) is 0. The van der Waals surface area contributed by atoms with E-state index < -0.39 is 0 Å². The van der Waals surface area contributed by atoms with E-state index in [-0.39, 0.29) is 5.41 Å². The van der Waals surface area contributed by atoms with Crippen LogP contribution in [0.3, 0.4) is 0 Å². The van der Waals surface area contributed by atoms with Gasteiger partial charge in [0.2, 0.25) is 0 Å². The zero-order valence-corrected chi connectivity index (χ0v) is 27.6. The van der Waals surface area contributed by atoms with Crippen molar-refractivity contribution < 1.29 is 0 Å².